The van der Waals surface area contributed by atoms with E-state index in [0.717, 1.165) is 11.1 Å². The lowest BCUT2D eigenvalue weighted by molar-refractivity contribution is -0.134. The first-order valence-corrected chi connectivity index (χ1v) is 5.97. The van der Waals surface area contributed by atoms with Gasteiger partial charge in [0.2, 0.25) is 11.8 Å². The van der Waals surface area contributed by atoms with Crippen molar-refractivity contribution >= 4 is 17.3 Å². The van der Waals surface area contributed by atoms with E-state index in [2.05, 4.69) is 16.3 Å². The van der Waals surface area contributed by atoms with Gasteiger partial charge in [-0.1, -0.05) is 12.0 Å². The molecule has 1 saturated heterocycles. The summed E-state index contributed by atoms with van der Waals surface area (Å²) in [7, 11) is 0. The van der Waals surface area contributed by atoms with Crippen LogP contribution in [-0.2, 0) is 9.59 Å². The van der Waals surface area contributed by atoms with Crippen molar-refractivity contribution in [1.29, 1.82) is 0 Å². The van der Waals surface area contributed by atoms with Gasteiger partial charge < -0.3 is 0 Å². The zero-order valence-electron chi connectivity index (χ0n) is 10.1. The average molecular weight is 253 g/mol. The lowest BCUT2D eigenvalue weighted by Crippen LogP contribution is -2.39. The molecule has 94 valence electrons. The number of amides is 2. The Morgan fingerprint density at radius 2 is 2.26 bits per heavy atom. The van der Waals surface area contributed by atoms with Crippen molar-refractivity contribution < 1.29 is 9.59 Å². The number of imide groups is 1. The fourth-order valence-electron chi connectivity index (χ4n) is 2.40. The number of pyridine rings is 1. The third-order valence-corrected chi connectivity index (χ3v) is 3.34. The zero-order chi connectivity index (χ0) is 13.4. The molecular weight excluding hydrogens is 242 g/mol. The molecule has 5 heteroatoms. The summed E-state index contributed by atoms with van der Waals surface area (Å²) in [5.41, 5.74) is 2.25. The maximum Gasteiger partial charge on any atom is 0.234 e. The third-order valence-electron chi connectivity index (χ3n) is 3.34. The van der Waals surface area contributed by atoms with E-state index in [9.17, 15) is 9.59 Å². The Morgan fingerprint density at radius 1 is 1.42 bits per heavy atom. The summed E-state index contributed by atoms with van der Waals surface area (Å²) in [5.74, 6) is 1.72. The minimum atomic E-state index is -0.344. The third kappa shape index (κ3) is 1.78. The molecule has 0 aromatic carbocycles. The molecule has 19 heavy (non-hydrogen) atoms. The van der Waals surface area contributed by atoms with E-state index in [1.54, 1.807) is 16.8 Å². The second kappa shape index (κ2) is 4.25. The minimum Gasteiger partial charge on any atom is -0.296 e. The molecule has 1 N–H and O–H groups in total. The monoisotopic (exact) mass is 253 g/mol. The number of piperidine rings is 1. The largest absolute Gasteiger partial charge is 0.296 e. The summed E-state index contributed by atoms with van der Waals surface area (Å²) in [6.45, 7) is 0. The number of nitrogens with one attached hydrogen (secondary N) is 1. The molecule has 0 spiro atoms. The average Bonchev–Trinajstić information content (AvgIpc) is 2.82. The molecular formula is C14H11N3O2. The molecule has 1 aliphatic rings. The van der Waals surface area contributed by atoms with Crippen LogP contribution in [0.4, 0.5) is 0 Å². The molecule has 2 aromatic rings. The lowest BCUT2D eigenvalue weighted by Gasteiger charge is -2.19. The molecule has 0 saturated carbocycles. The predicted octanol–water partition coefficient (Wildman–Crippen LogP) is 0.836. The molecule has 3 heterocycles. The quantitative estimate of drug-likeness (QED) is 0.605. The highest BCUT2D eigenvalue weighted by Gasteiger charge is 2.30. The molecule has 2 amide bonds. The second-order valence-corrected chi connectivity index (χ2v) is 4.46. The van der Waals surface area contributed by atoms with Crippen LogP contribution in [0.2, 0.25) is 0 Å². The van der Waals surface area contributed by atoms with E-state index in [-0.39, 0.29) is 17.7 Å². The van der Waals surface area contributed by atoms with Crippen molar-refractivity contribution in [2.24, 2.45) is 0 Å². The van der Waals surface area contributed by atoms with Gasteiger partial charge in [-0.15, -0.1) is 6.42 Å². The summed E-state index contributed by atoms with van der Waals surface area (Å²) in [4.78, 5) is 23.1. The first-order chi connectivity index (χ1) is 9.20. The van der Waals surface area contributed by atoms with E-state index in [1.807, 2.05) is 12.1 Å². The van der Waals surface area contributed by atoms with Crippen molar-refractivity contribution in [3.63, 3.8) is 0 Å². The summed E-state index contributed by atoms with van der Waals surface area (Å²) in [5, 5.41) is 6.58. The number of hydrogen-bond acceptors (Lipinski definition) is 3. The molecule has 1 fully saturated rings. The van der Waals surface area contributed by atoms with Gasteiger partial charge in [-0.2, -0.15) is 5.10 Å². The van der Waals surface area contributed by atoms with Gasteiger partial charge in [-0.25, -0.2) is 4.52 Å². The molecule has 3 rings (SSSR count). The molecule has 2 aromatic heterocycles. The second-order valence-electron chi connectivity index (χ2n) is 4.46. The van der Waals surface area contributed by atoms with Crippen molar-refractivity contribution in [3.8, 4) is 12.3 Å². The zero-order valence-corrected chi connectivity index (χ0v) is 10.1. The van der Waals surface area contributed by atoms with E-state index in [1.165, 1.54) is 0 Å². The van der Waals surface area contributed by atoms with E-state index in [0.29, 0.717) is 18.5 Å². The van der Waals surface area contributed by atoms with Gasteiger partial charge in [0.05, 0.1) is 17.6 Å². The van der Waals surface area contributed by atoms with E-state index >= 15 is 0 Å². The van der Waals surface area contributed by atoms with E-state index in [4.69, 9.17) is 6.42 Å². The number of carbonyl (C=O) groups excluding carboxylic acids is 2. The van der Waals surface area contributed by atoms with Gasteiger partial charge in [0.15, 0.2) is 0 Å². The SMILES string of the molecule is C#Cc1cccc2c(C3CCC(=O)NC3=O)cnn12. The summed E-state index contributed by atoms with van der Waals surface area (Å²) in [6.07, 6.45) is 7.92. The van der Waals surface area contributed by atoms with Crippen LogP contribution in [0.5, 0.6) is 0 Å². The van der Waals surface area contributed by atoms with Crippen LogP contribution in [-0.4, -0.2) is 21.4 Å². The van der Waals surface area contributed by atoms with Crippen LogP contribution < -0.4 is 5.32 Å². The Morgan fingerprint density at radius 3 is 3.00 bits per heavy atom. The Hall–Kier alpha value is -2.61. The molecule has 1 aliphatic heterocycles. The smallest absolute Gasteiger partial charge is 0.234 e. The molecule has 1 unspecified atom stereocenters. The van der Waals surface area contributed by atoms with Crippen molar-refractivity contribution in [2.75, 3.05) is 0 Å². The predicted molar refractivity (Wildman–Crippen MR) is 68.3 cm³/mol. The number of rotatable bonds is 1. The maximum absolute atomic E-state index is 11.9. The van der Waals surface area contributed by atoms with Crippen LogP contribution in [0.3, 0.4) is 0 Å². The highest BCUT2D eigenvalue weighted by atomic mass is 16.2. The van der Waals surface area contributed by atoms with Crippen LogP contribution in [0, 0.1) is 12.3 Å². The fourth-order valence-corrected chi connectivity index (χ4v) is 2.40. The van der Waals surface area contributed by atoms with Gasteiger partial charge >= 0.3 is 0 Å². The fraction of sp³-hybridized carbons (Fsp3) is 0.214. The molecule has 0 radical (unpaired) electrons. The van der Waals surface area contributed by atoms with Crippen LogP contribution in [0.1, 0.15) is 30.0 Å². The van der Waals surface area contributed by atoms with Gasteiger partial charge in [0, 0.05) is 12.0 Å². The number of nitrogens with zero attached hydrogens (tertiary/aromatic N) is 2. The molecule has 0 bridgehead atoms. The number of carbonyl (C=O) groups is 2. The Kier molecular flexibility index (Phi) is 2.57. The minimum absolute atomic E-state index is 0.220. The summed E-state index contributed by atoms with van der Waals surface area (Å²) >= 11 is 0. The number of aromatic nitrogens is 2. The summed E-state index contributed by atoms with van der Waals surface area (Å²) < 4.78 is 1.64. The normalized spacial score (nSPS) is 19.2. The highest BCUT2D eigenvalue weighted by molar-refractivity contribution is 6.01. The Bertz CT molecular complexity index is 724. The Labute approximate surface area is 109 Å². The highest BCUT2D eigenvalue weighted by Crippen LogP contribution is 2.28. The first kappa shape index (κ1) is 11.5. The van der Waals surface area contributed by atoms with Gasteiger partial charge in [0.25, 0.3) is 0 Å². The van der Waals surface area contributed by atoms with Crippen LogP contribution >= 0.6 is 0 Å². The van der Waals surface area contributed by atoms with Crippen LogP contribution in [0.15, 0.2) is 24.4 Å². The van der Waals surface area contributed by atoms with Gasteiger partial charge in [-0.3, -0.25) is 14.9 Å². The maximum atomic E-state index is 11.9. The first-order valence-electron chi connectivity index (χ1n) is 5.97. The van der Waals surface area contributed by atoms with Crippen molar-refractivity contribution in [1.82, 2.24) is 14.9 Å². The van der Waals surface area contributed by atoms with E-state index < -0.39 is 0 Å². The summed E-state index contributed by atoms with van der Waals surface area (Å²) in [6, 6.07) is 5.49. The molecule has 5 nitrogen and oxygen atoms in total. The topological polar surface area (TPSA) is 63.5 Å². The Balaban J connectivity index is 2.09. The van der Waals surface area contributed by atoms with Crippen molar-refractivity contribution in [2.45, 2.75) is 18.8 Å². The van der Waals surface area contributed by atoms with Gasteiger partial charge in [-0.05, 0) is 18.6 Å². The van der Waals surface area contributed by atoms with Gasteiger partial charge in [0.1, 0.15) is 5.69 Å². The van der Waals surface area contributed by atoms with Crippen molar-refractivity contribution in [3.05, 3.63) is 35.7 Å². The van der Waals surface area contributed by atoms with Crippen LogP contribution in [0.25, 0.3) is 5.52 Å². The molecule has 1 atom stereocenters. The number of terminal acetylenes is 1. The standard InChI is InChI=1S/C14H11N3O2/c1-2-9-4-3-5-12-11(8-15-17(9)12)10-6-7-13(18)16-14(10)19/h1,3-5,8,10H,6-7H2,(H,16,18,19). The number of fused-ring (bicyclic) bond motifs is 1. The lowest BCUT2D eigenvalue weighted by atomic mass is 9.91. The molecule has 0 aliphatic carbocycles. The number of hydrogen-bond donors (Lipinski definition) is 1.